The Bertz CT molecular complexity index is 838. The number of ether oxygens (including phenoxy) is 2. The van der Waals surface area contributed by atoms with Gasteiger partial charge in [-0.2, -0.15) is 13.2 Å². The smallest absolute Gasteiger partial charge is 0.411 e. The van der Waals surface area contributed by atoms with Crippen molar-refractivity contribution in [2.45, 2.75) is 19.3 Å². The average molecular weight is 398 g/mol. The van der Waals surface area contributed by atoms with E-state index >= 15 is 0 Å². The zero-order chi connectivity index (χ0) is 20.7. The summed E-state index contributed by atoms with van der Waals surface area (Å²) in [5.74, 6) is -0.363. The molecule has 0 aromatic heterocycles. The maximum Gasteiger partial charge on any atom is 0.411 e. The number of benzene rings is 2. The second-order valence-electron chi connectivity index (χ2n) is 5.75. The number of hydrogen-bond acceptors (Lipinski definition) is 5. The van der Waals surface area contributed by atoms with Gasteiger partial charge in [0, 0.05) is 18.7 Å². The Morgan fingerprint density at radius 2 is 1.79 bits per heavy atom. The summed E-state index contributed by atoms with van der Waals surface area (Å²) in [7, 11) is 1.34. The van der Waals surface area contributed by atoms with Crippen LogP contribution in [0.4, 0.5) is 18.9 Å². The number of amides is 1. The fraction of sp³-hybridized carbons (Fsp3) is 0.278. The third kappa shape index (κ3) is 6.23. The molecule has 0 unspecified atom stereocenters. The highest BCUT2D eigenvalue weighted by Crippen LogP contribution is 2.24. The molecule has 28 heavy (non-hydrogen) atoms. The van der Waals surface area contributed by atoms with Gasteiger partial charge in [0.1, 0.15) is 12.4 Å². The minimum atomic E-state index is -4.38. The molecule has 0 aliphatic heterocycles. The second-order valence-corrected chi connectivity index (χ2v) is 5.75. The molecule has 2 aromatic rings. The first kappa shape index (κ1) is 21.2. The minimum Gasteiger partial charge on any atom is -0.496 e. The van der Waals surface area contributed by atoms with Crippen molar-refractivity contribution in [3.05, 3.63) is 69.3 Å². The van der Waals surface area contributed by atoms with Crippen LogP contribution in [0, 0.1) is 10.1 Å². The lowest BCUT2D eigenvalue weighted by molar-refractivity contribution is -0.384. The molecule has 1 amide bonds. The van der Waals surface area contributed by atoms with E-state index in [1.807, 2.05) is 0 Å². The number of rotatable bonds is 8. The molecule has 0 heterocycles. The Morgan fingerprint density at radius 1 is 1.14 bits per heavy atom. The Labute approximate surface area is 158 Å². The topological polar surface area (TPSA) is 90.7 Å². The Hall–Kier alpha value is -3.14. The van der Waals surface area contributed by atoms with E-state index in [2.05, 4.69) is 10.1 Å². The van der Waals surface area contributed by atoms with E-state index in [1.54, 1.807) is 24.3 Å². The summed E-state index contributed by atoms with van der Waals surface area (Å²) in [6.45, 7) is -1.39. The van der Waals surface area contributed by atoms with Crippen molar-refractivity contribution in [2.24, 2.45) is 0 Å². The van der Waals surface area contributed by atoms with E-state index in [1.165, 1.54) is 19.2 Å². The highest BCUT2D eigenvalue weighted by molar-refractivity contribution is 5.97. The Balaban J connectivity index is 1.96. The molecule has 0 radical (unpaired) electrons. The molecular weight excluding hydrogens is 381 g/mol. The van der Waals surface area contributed by atoms with E-state index in [0.717, 1.165) is 6.07 Å². The van der Waals surface area contributed by atoms with Crippen molar-refractivity contribution in [1.29, 1.82) is 0 Å². The van der Waals surface area contributed by atoms with Gasteiger partial charge < -0.3 is 14.8 Å². The number of hydrogen-bond donors (Lipinski definition) is 1. The van der Waals surface area contributed by atoms with Crippen molar-refractivity contribution in [3.63, 3.8) is 0 Å². The van der Waals surface area contributed by atoms with Gasteiger partial charge in [0.05, 0.1) is 24.2 Å². The molecular formula is C18H17F3N2O5. The maximum absolute atomic E-state index is 12.3. The van der Waals surface area contributed by atoms with Crippen LogP contribution in [0.2, 0.25) is 0 Å². The van der Waals surface area contributed by atoms with Crippen LogP contribution < -0.4 is 10.1 Å². The molecule has 0 atom stereocenters. The first-order valence-electron chi connectivity index (χ1n) is 8.02. The molecule has 0 saturated carbocycles. The van der Waals surface area contributed by atoms with Gasteiger partial charge >= 0.3 is 6.18 Å². The van der Waals surface area contributed by atoms with E-state index in [0.29, 0.717) is 11.1 Å². The standard InChI is InChI=1S/C18H17F3N2O5/c1-27-16-7-6-14(23(25)26)8-15(16)17(24)22-9-12-2-4-13(5-3-12)10-28-11-18(19,20)21/h2-8H,9-11H2,1H3,(H,22,24). The lowest BCUT2D eigenvalue weighted by atomic mass is 10.1. The molecule has 2 rings (SSSR count). The van der Waals surface area contributed by atoms with Crippen LogP contribution in [0.1, 0.15) is 21.5 Å². The Morgan fingerprint density at radius 3 is 2.36 bits per heavy atom. The predicted molar refractivity (Wildman–Crippen MR) is 93.0 cm³/mol. The van der Waals surface area contributed by atoms with Gasteiger partial charge in [-0.3, -0.25) is 14.9 Å². The number of nitro groups is 1. The zero-order valence-electron chi connectivity index (χ0n) is 14.8. The second kappa shape index (κ2) is 9.18. The summed E-state index contributed by atoms with van der Waals surface area (Å²) in [4.78, 5) is 22.6. The number of alkyl halides is 3. The highest BCUT2D eigenvalue weighted by atomic mass is 19.4. The number of nitrogens with one attached hydrogen (secondary N) is 1. The number of nitro benzene ring substituents is 1. The first-order valence-corrected chi connectivity index (χ1v) is 8.02. The summed E-state index contributed by atoms with van der Waals surface area (Å²) in [6, 6.07) is 10.1. The molecule has 0 aliphatic carbocycles. The average Bonchev–Trinajstić information content (AvgIpc) is 2.65. The third-order valence-electron chi connectivity index (χ3n) is 3.65. The SMILES string of the molecule is COc1ccc([N+](=O)[O-])cc1C(=O)NCc1ccc(COCC(F)(F)F)cc1. The van der Waals surface area contributed by atoms with E-state index < -0.39 is 23.6 Å². The highest BCUT2D eigenvalue weighted by Gasteiger charge is 2.27. The van der Waals surface area contributed by atoms with Crippen LogP contribution in [0.25, 0.3) is 0 Å². The van der Waals surface area contributed by atoms with Gasteiger partial charge in [0.15, 0.2) is 0 Å². The van der Waals surface area contributed by atoms with Gasteiger partial charge in [-0.25, -0.2) is 0 Å². The van der Waals surface area contributed by atoms with Crippen LogP contribution in [-0.4, -0.2) is 30.7 Å². The van der Waals surface area contributed by atoms with Gasteiger partial charge in [0.2, 0.25) is 0 Å². The lowest BCUT2D eigenvalue weighted by Crippen LogP contribution is -2.23. The molecule has 2 aromatic carbocycles. The summed E-state index contributed by atoms with van der Waals surface area (Å²) in [5.41, 5.74) is 1.03. The fourth-order valence-electron chi connectivity index (χ4n) is 2.30. The molecule has 0 fully saturated rings. The van der Waals surface area contributed by atoms with Crippen LogP contribution in [0.15, 0.2) is 42.5 Å². The van der Waals surface area contributed by atoms with Crippen molar-refractivity contribution in [3.8, 4) is 5.75 Å². The summed E-state index contributed by atoms with van der Waals surface area (Å²) >= 11 is 0. The zero-order valence-corrected chi connectivity index (χ0v) is 14.8. The number of nitrogens with zero attached hydrogens (tertiary/aromatic N) is 1. The predicted octanol–water partition coefficient (Wildman–Crippen LogP) is 3.61. The third-order valence-corrected chi connectivity index (χ3v) is 3.65. The molecule has 150 valence electrons. The van der Waals surface area contributed by atoms with Crippen molar-refractivity contribution in [2.75, 3.05) is 13.7 Å². The van der Waals surface area contributed by atoms with Gasteiger partial charge in [-0.1, -0.05) is 24.3 Å². The van der Waals surface area contributed by atoms with Gasteiger partial charge in [-0.05, 0) is 17.2 Å². The summed E-state index contributed by atoms with van der Waals surface area (Å²) < 4.78 is 45.8. The van der Waals surface area contributed by atoms with E-state index in [9.17, 15) is 28.1 Å². The summed E-state index contributed by atoms with van der Waals surface area (Å²) in [6.07, 6.45) is -4.38. The molecule has 0 spiro atoms. The number of non-ortho nitro benzene ring substituents is 1. The van der Waals surface area contributed by atoms with Crippen LogP contribution in [0.5, 0.6) is 5.75 Å². The Kier molecular flexibility index (Phi) is 6.94. The number of halogens is 3. The molecule has 10 heteroatoms. The quantitative estimate of drug-likeness (QED) is 0.542. The molecule has 0 bridgehead atoms. The lowest BCUT2D eigenvalue weighted by Gasteiger charge is -2.10. The van der Waals surface area contributed by atoms with Crippen molar-refractivity contribution >= 4 is 11.6 Å². The van der Waals surface area contributed by atoms with Gasteiger partial charge in [0.25, 0.3) is 11.6 Å². The van der Waals surface area contributed by atoms with Crippen molar-refractivity contribution in [1.82, 2.24) is 5.32 Å². The molecule has 0 saturated heterocycles. The number of carbonyl (C=O) groups is 1. The molecule has 0 aliphatic rings. The fourth-order valence-corrected chi connectivity index (χ4v) is 2.30. The van der Waals surface area contributed by atoms with E-state index in [-0.39, 0.29) is 30.2 Å². The molecule has 1 N–H and O–H groups in total. The summed E-state index contributed by atoms with van der Waals surface area (Å²) in [5, 5.41) is 13.5. The monoisotopic (exact) mass is 398 g/mol. The van der Waals surface area contributed by atoms with E-state index in [4.69, 9.17) is 4.74 Å². The van der Waals surface area contributed by atoms with Crippen molar-refractivity contribution < 1.29 is 32.4 Å². The number of carbonyl (C=O) groups excluding carboxylic acids is 1. The molecule has 7 nitrogen and oxygen atoms in total. The minimum absolute atomic E-state index is 0.0221. The van der Waals surface area contributed by atoms with Crippen LogP contribution in [0.3, 0.4) is 0 Å². The van der Waals surface area contributed by atoms with Crippen LogP contribution >= 0.6 is 0 Å². The maximum atomic E-state index is 12.3. The first-order chi connectivity index (χ1) is 13.2. The van der Waals surface area contributed by atoms with Crippen LogP contribution in [-0.2, 0) is 17.9 Å². The number of methoxy groups -OCH3 is 1. The van der Waals surface area contributed by atoms with Gasteiger partial charge in [-0.15, -0.1) is 0 Å². The normalized spacial score (nSPS) is 11.1. The largest absolute Gasteiger partial charge is 0.496 e.